The molecule has 8 nitrogen and oxygen atoms in total. The first kappa shape index (κ1) is 18.8. The van der Waals surface area contributed by atoms with E-state index >= 15 is 0 Å². The Morgan fingerprint density at radius 1 is 1.04 bits per heavy atom. The molecule has 2 amide bonds. The zero-order valence-electron chi connectivity index (χ0n) is 13.9. The molecule has 0 fully saturated rings. The van der Waals surface area contributed by atoms with Crippen molar-refractivity contribution in [1.29, 1.82) is 0 Å². The highest BCUT2D eigenvalue weighted by Crippen LogP contribution is 2.10. The molecule has 0 aliphatic heterocycles. The van der Waals surface area contributed by atoms with Crippen molar-refractivity contribution in [2.24, 2.45) is 5.10 Å². The van der Waals surface area contributed by atoms with Gasteiger partial charge in [-0.25, -0.2) is 5.43 Å². The van der Waals surface area contributed by atoms with Crippen molar-refractivity contribution in [2.45, 2.75) is 12.8 Å². The van der Waals surface area contributed by atoms with Gasteiger partial charge in [0, 0.05) is 18.7 Å². The highest BCUT2D eigenvalue weighted by Gasteiger charge is 2.08. The number of carbonyl (C=O) groups excluding carboxylic acids is 2. The molecule has 0 radical (unpaired) electrons. The summed E-state index contributed by atoms with van der Waals surface area (Å²) in [6, 6.07) is 15.4. The van der Waals surface area contributed by atoms with Crippen LogP contribution in [0.25, 0.3) is 0 Å². The third-order valence-corrected chi connectivity index (χ3v) is 3.41. The number of nitrogens with zero attached hydrogens (tertiary/aromatic N) is 2. The lowest BCUT2D eigenvalue weighted by molar-refractivity contribution is -0.384. The van der Waals surface area contributed by atoms with E-state index in [4.69, 9.17) is 0 Å². The van der Waals surface area contributed by atoms with Crippen LogP contribution in [0.3, 0.4) is 0 Å². The summed E-state index contributed by atoms with van der Waals surface area (Å²) in [5.74, 6) is -0.927. The molecule has 0 unspecified atom stereocenters. The summed E-state index contributed by atoms with van der Waals surface area (Å²) in [6.07, 6.45) is 1.70. The monoisotopic (exact) mass is 354 g/mol. The summed E-state index contributed by atoms with van der Waals surface area (Å²) < 4.78 is 0. The summed E-state index contributed by atoms with van der Waals surface area (Å²) in [7, 11) is 0. The Morgan fingerprint density at radius 3 is 2.38 bits per heavy atom. The second-order valence-corrected chi connectivity index (χ2v) is 5.40. The van der Waals surface area contributed by atoms with Gasteiger partial charge in [-0.1, -0.05) is 30.3 Å². The molecule has 2 rings (SSSR count). The molecule has 0 aliphatic carbocycles. The maximum Gasteiger partial charge on any atom is 0.269 e. The van der Waals surface area contributed by atoms with E-state index in [0.717, 1.165) is 5.56 Å². The van der Waals surface area contributed by atoms with Crippen molar-refractivity contribution in [2.75, 3.05) is 6.54 Å². The van der Waals surface area contributed by atoms with Crippen LogP contribution in [0, 0.1) is 10.1 Å². The van der Waals surface area contributed by atoms with Crippen LogP contribution < -0.4 is 10.7 Å². The Balaban J connectivity index is 1.68. The second-order valence-electron chi connectivity index (χ2n) is 5.40. The first-order chi connectivity index (χ1) is 12.5. The first-order valence-corrected chi connectivity index (χ1v) is 7.91. The summed E-state index contributed by atoms with van der Waals surface area (Å²) >= 11 is 0. The van der Waals surface area contributed by atoms with Crippen molar-refractivity contribution in [1.82, 2.24) is 10.7 Å². The molecule has 0 bridgehead atoms. The van der Waals surface area contributed by atoms with Gasteiger partial charge in [-0.3, -0.25) is 19.7 Å². The van der Waals surface area contributed by atoms with Gasteiger partial charge in [0.1, 0.15) is 6.42 Å². The summed E-state index contributed by atoms with van der Waals surface area (Å²) in [6.45, 7) is 0.447. The van der Waals surface area contributed by atoms with Crippen molar-refractivity contribution in [3.05, 3.63) is 75.8 Å². The minimum absolute atomic E-state index is 0.0293. The van der Waals surface area contributed by atoms with Crippen molar-refractivity contribution < 1.29 is 14.5 Å². The first-order valence-electron chi connectivity index (χ1n) is 7.91. The van der Waals surface area contributed by atoms with Crippen molar-refractivity contribution in [3.8, 4) is 0 Å². The van der Waals surface area contributed by atoms with Crippen LogP contribution in [-0.2, 0) is 16.0 Å². The predicted molar refractivity (Wildman–Crippen MR) is 96.6 cm³/mol. The maximum atomic E-state index is 11.7. The van der Waals surface area contributed by atoms with Crippen LogP contribution in [0.2, 0.25) is 0 Å². The standard InChI is InChI=1S/C18H18N4O4/c23-17(19-11-10-14-4-2-1-3-5-14)12-18(24)21-20-13-15-6-8-16(9-7-15)22(25)26/h1-9,13H,10-12H2,(H,19,23)(H,21,24). The Hall–Kier alpha value is -3.55. The third-order valence-electron chi connectivity index (χ3n) is 3.41. The minimum Gasteiger partial charge on any atom is -0.355 e. The average Bonchev–Trinajstić information content (AvgIpc) is 2.63. The van der Waals surface area contributed by atoms with E-state index in [9.17, 15) is 19.7 Å². The number of carbonyl (C=O) groups is 2. The molecule has 134 valence electrons. The predicted octanol–water partition coefficient (Wildman–Crippen LogP) is 1.79. The normalized spacial score (nSPS) is 10.5. The Morgan fingerprint density at radius 2 is 1.73 bits per heavy atom. The van der Waals surface area contributed by atoms with Crippen LogP contribution >= 0.6 is 0 Å². The fourth-order valence-corrected chi connectivity index (χ4v) is 2.10. The molecular weight excluding hydrogens is 336 g/mol. The van der Waals surface area contributed by atoms with Crippen LogP contribution in [0.5, 0.6) is 0 Å². The summed E-state index contributed by atoms with van der Waals surface area (Å²) in [5.41, 5.74) is 3.90. The Labute approximate surface area is 150 Å². The van der Waals surface area contributed by atoms with E-state index in [1.165, 1.54) is 30.5 Å². The van der Waals surface area contributed by atoms with Gasteiger partial charge in [-0.2, -0.15) is 5.10 Å². The highest BCUT2D eigenvalue weighted by molar-refractivity contribution is 5.97. The van der Waals surface area contributed by atoms with Gasteiger partial charge in [0.25, 0.3) is 5.69 Å². The van der Waals surface area contributed by atoms with E-state index < -0.39 is 10.8 Å². The number of benzene rings is 2. The molecule has 0 spiro atoms. The van der Waals surface area contributed by atoms with Crippen LogP contribution in [-0.4, -0.2) is 29.5 Å². The number of nitro benzene ring substituents is 1. The lowest BCUT2D eigenvalue weighted by atomic mass is 10.1. The average molecular weight is 354 g/mol. The van der Waals surface area contributed by atoms with E-state index in [0.29, 0.717) is 18.5 Å². The number of rotatable bonds is 8. The van der Waals surface area contributed by atoms with Crippen molar-refractivity contribution >= 4 is 23.7 Å². The Bertz CT molecular complexity index is 789. The number of non-ortho nitro benzene ring substituents is 1. The molecule has 0 aliphatic rings. The third kappa shape index (κ3) is 6.52. The quantitative estimate of drug-likeness (QED) is 0.325. The van der Waals surface area contributed by atoms with Crippen LogP contribution in [0.1, 0.15) is 17.5 Å². The topological polar surface area (TPSA) is 114 Å². The van der Waals surface area contributed by atoms with E-state index in [-0.39, 0.29) is 18.0 Å². The molecule has 0 atom stereocenters. The molecule has 0 aromatic heterocycles. The van der Waals surface area contributed by atoms with Gasteiger partial charge in [-0.15, -0.1) is 0 Å². The molecule has 8 heteroatoms. The smallest absolute Gasteiger partial charge is 0.269 e. The fourth-order valence-electron chi connectivity index (χ4n) is 2.10. The van der Waals surface area contributed by atoms with Gasteiger partial charge < -0.3 is 5.32 Å². The molecule has 0 heterocycles. The number of hydrogen-bond donors (Lipinski definition) is 2. The molecular formula is C18H18N4O4. The summed E-state index contributed by atoms with van der Waals surface area (Å²) in [4.78, 5) is 33.4. The number of hydrazone groups is 1. The molecule has 2 aromatic rings. The number of amides is 2. The van der Waals surface area contributed by atoms with Crippen LogP contribution in [0.4, 0.5) is 5.69 Å². The maximum absolute atomic E-state index is 11.7. The van der Waals surface area contributed by atoms with Gasteiger partial charge in [0.2, 0.25) is 11.8 Å². The Kier molecular flexibility index (Phi) is 6.99. The molecule has 2 N–H and O–H groups in total. The molecule has 0 saturated carbocycles. The van der Waals surface area contributed by atoms with Gasteiger partial charge in [0.05, 0.1) is 11.1 Å². The van der Waals surface area contributed by atoms with E-state index in [2.05, 4.69) is 15.8 Å². The van der Waals surface area contributed by atoms with Gasteiger partial charge >= 0.3 is 0 Å². The van der Waals surface area contributed by atoms with Crippen molar-refractivity contribution in [3.63, 3.8) is 0 Å². The number of hydrogen-bond acceptors (Lipinski definition) is 5. The van der Waals surface area contributed by atoms with E-state index in [1.54, 1.807) is 0 Å². The molecule has 2 aromatic carbocycles. The largest absolute Gasteiger partial charge is 0.355 e. The lowest BCUT2D eigenvalue weighted by Crippen LogP contribution is -2.31. The summed E-state index contributed by atoms with van der Waals surface area (Å²) in [5, 5.41) is 16.9. The fraction of sp³-hybridized carbons (Fsp3) is 0.167. The second kappa shape index (κ2) is 9.67. The minimum atomic E-state index is -0.541. The van der Waals surface area contributed by atoms with Gasteiger partial charge in [0.15, 0.2) is 0 Å². The zero-order valence-corrected chi connectivity index (χ0v) is 13.9. The van der Waals surface area contributed by atoms with Crippen LogP contribution in [0.15, 0.2) is 59.7 Å². The highest BCUT2D eigenvalue weighted by atomic mass is 16.6. The lowest BCUT2D eigenvalue weighted by Gasteiger charge is -2.04. The van der Waals surface area contributed by atoms with E-state index in [1.807, 2.05) is 30.3 Å². The zero-order chi connectivity index (χ0) is 18.8. The number of nitro groups is 1. The van der Waals surface area contributed by atoms with Gasteiger partial charge in [-0.05, 0) is 29.7 Å². The molecule has 0 saturated heterocycles. The SMILES string of the molecule is O=C(CC(=O)NN=Cc1ccc([N+](=O)[O-])cc1)NCCc1ccccc1. The molecule has 26 heavy (non-hydrogen) atoms. The number of nitrogens with one attached hydrogen (secondary N) is 2.